The van der Waals surface area contributed by atoms with E-state index in [0.717, 1.165) is 57.6 Å². The molecule has 4 rings (SSSR count). The number of ether oxygens (including phenoxy) is 1. The third kappa shape index (κ3) is 6.82. The van der Waals surface area contributed by atoms with E-state index in [0.29, 0.717) is 38.6 Å². The summed E-state index contributed by atoms with van der Waals surface area (Å²) < 4.78 is 5.50. The van der Waals surface area contributed by atoms with Crippen molar-refractivity contribution < 1.29 is 19.1 Å². The molecule has 1 atom stereocenters. The number of carbonyl (C=O) groups is 3. The lowest BCUT2D eigenvalue weighted by Gasteiger charge is -2.40. The molecule has 35 heavy (non-hydrogen) atoms. The van der Waals surface area contributed by atoms with Gasteiger partial charge in [-0.1, -0.05) is 30.3 Å². The number of hydrogen-bond acceptors (Lipinski definition) is 5. The van der Waals surface area contributed by atoms with E-state index in [1.54, 1.807) is 11.8 Å². The van der Waals surface area contributed by atoms with E-state index in [4.69, 9.17) is 4.74 Å². The van der Waals surface area contributed by atoms with E-state index in [-0.39, 0.29) is 36.1 Å². The largest absolute Gasteiger partial charge is 0.381 e. The lowest BCUT2D eigenvalue weighted by atomic mass is 9.93. The molecular formula is C27H40N4O4. The van der Waals surface area contributed by atoms with Crippen molar-refractivity contribution in [3.8, 4) is 0 Å². The van der Waals surface area contributed by atoms with Crippen LogP contribution in [0, 0.1) is 5.92 Å². The molecule has 3 fully saturated rings. The number of amides is 3. The Bertz CT molecular complexity index is 850. The molecule has 192 valence electrons. The minimum absolute atomic E-state index is 0.0351. The second kappa shape index (κ2) is 12.5. The average Bonchev–Trinajstić information content (AvgIpc) is 2.93. The molecule has 8 nitrogen and oxygen atoms in total. The minimum Gasteiger partial charge on any atom is -0.381 e. The Kier molecular flexibility index (Phi) is 9.15. The van der Waals surface area contributed by atoms with E-state index < -0.39 is 0 Å². The summed E-state index contributed by atoms with van der Waals surface area (Å²) in [5.41, 5.74) is 0.960. The molecule has 8 heteroatoms. The maximum atomic E-state index is 13.5. The average molecular weight is 485 g/mol. The van der Waals surface area contributed by atoms with Crippen molar-refractivity contribution in [2.75, 3.05) is 52.5 Å². The summed E-state index contributed by atoms with van der Waals surface area (Å²) in [6.07, 6.45) is 4.86. The van der Waals surface area contributed by atoms with Gasteiger partial charge in [-0.3, -0.25) is 14.4 Å². The fourth-order valence-corrected chi connectivity index (χ4v) is 5.78. The predicted octanol–water partition coefficient (Wildman–Crippen LogP) is 2.21. The molecule has 0 aliphatic carbocycles. The van der Waals surface area contributed by atoms with Gasteiger partial charge in [-0.2, -0.15) is 0 Å². The van der Waals surface area contributed by atoms with Crippen LogP contribution in [0.15, 0.2) is 30.3 Å². The number of nitrogens with zero attached hydrogens (tertiary/aromatic N) is 3. The molecule has 0 saturated carbocycles. The van der Waals surface area contributed by atoms with Crippen LogP contribution < -0.4 is 5.32 Å². The number of carbonyl (C=O) groups excluding carboxylic acids is 3. The molecular weight excluding hydrogens is 444 g/mol. The highest BCUT2D eigenvalue weighted by molar-refractivity contribution is 5.80. The number of piperidine rings is 1. The third-order valence-electron chi connectivity index (χ3n) is 7.77. The number of rotatable bonds is 3. The van der Waals surface area contributed by atoms with E-state index in [1.165, 1.54) is 0 Å². The highest BCUT2D eigenvalue weighted by atomic mass is 16.5. The number of likely N-dealkylation sites (tertiary alicyclic amines) is 1. The Morgan fingerprint density at radius 2 is 1.66 bits per heavy atom. The SMILES string of the molecule is CC(=O)N1CCCN(C(=O)C2CCN(C3CCOCC3)CC2)CCNC(=O)CC1c1ccccc1. The number of benzene rings is 1. The van der Waals surface area contributed by atoms with Gasteiger partial charge in [-0.25, -0.2) is 0 Å². The predicted molar refractivity (Wildman–Crippen MR) is 134 cm³/mol. The summed E-state index contributed by atoms with van der Waals surface area (Å²) in [5.74, 6) is 0.0837. The van der Waals surface area contributed by atoms with Gasteiger partial charge in [-0.15, -0.1) is 0 Å². The van der Waals surface area contributed by atoms with Crippen LogP contribution in [0.5, 0.6) is 0 Å². The van der Waals surface area contributed by atoms with Gasteiger partial charge in [0.2, 0.25) is 17.7 Å². The first-order chi connectivity index (χ1) is 17.0. The standard InChI is InChI=1S/C27H40N4O4/c1-21(32)31-14-5-13-30(17-12-28-26(33)20-25(31)22-6-3-2-4-7-22)27(34)23-8-15-29(16-9-23)24-10-18-35-19-11-24/h2-4,6-7,23-25H,5,8-20H2,1H3,(H,28,33). The molecule has 0 aromatic heterocycles. The first-order valence-corrected chi connectivity index (χ1v) is 13.2. The van der Waals surface area contributed by atoms with Crippen molar-refractivity contribution in [2.24, 2.45) is 5.92 Å². The van der Waals surface area contributed by atoms with Crippen molar-refractivity contribution in [1.82, 2.24) is 20.0 Å². The first-order valence-electron chi connectivity index (χ1n) is 13.2. The summed E-state index contributed by atoms with van der Waals surface area (Å²) in [7, 11) is 0. The second-order valence-corrected chi connectivity index (χ2v) is 10.0. The summed E-state index contributed by atoms with van der Waals surface area (Å²) in [6, 6.07) is 10.0. The van der Waals surface area contributed by atoms with Crippen LogP contribution in [0.4, 0.5) is 0 Å². The third-order valence-corrected chi connectivity index (χ3v) is 7.77. The fourth-order valence-electron chi connectivity index (χ4n) is 5.78. The van der Waals surface area contributed by atoms with Crippen LogP contribution in [0.25, 0.3) is 0 Å². The topological polar surface area (TPSA) is 82.2 Å². The summed E-state index contributed by atoms with van der Waals surface area (Å²) in [6.45, 7) is 7.23. The van der Waals surface area contributed by atoms with E-state index in [1.807, 2.05) is 35.2 Å². The molecule has 3 aliphatic heterocycles. The van der Waals surface area contributed by atoms with Crippen molar-refractivity contribution in [2.45, 2.75) is 57.5 Å². The Morgan fingerprint density at radius 3 is 2.34 bits per heavy atom. The molecule has 1 aromatic carbocycles. The van der Waals surface area contributed by atoms with Crippen LogP contribution in [-0.2, 0) is 19.1 Å². The molecule has 0 spiro atoms. The highest BCUT2D eigenvalue weighted by Crippen LogP contribution is 2.27. The summed E-state index contributed by atoms with van der Waals surface area (Å²) in [5, 5.41) is 2.99. The van der Waals surface area contributed by atoms with Crippen molar-refractivity contribution >= 4 is 17.7 Å². The zero-order valence-electron chi connectivity index (χ0n) is 21.0. The Morgan fingerprint density at radius 1 is 0.943 bits per heavy atom. The lowest BCUT2D eigenvalue weighted by molar-refractivity contribution is -0.137. The van der Waals surface area contributed by atoms with E-state index >= 15 is 0 Å². The van der Waals surface area contributed by atoms with Crippen LogP contribution in [0.3, 0.4) is 0 Å². The monoisotopic (exact) mass is 484 g/mol. The van der Waals surface area contributed by atoms with Gasteiger partial charge in [0.15, 0.2) is 0 Å². The minimum atomic E-state index is -0.300. The Hall–Kier alpha value is -2.45. The van der Waals surface area contributed by atoms with Gasteiger partial charge in [0.25, 0.3) is 0 Å². The van der Waals surface area contributed by atoms with Gasteiger partial charge < -0.3 is 24.8 Å². The number of nitrogens with one attached hydrogen (secondary N) is 1. The van der Waals surface area contributed by atoms with Gasteiger partial charge in [0.05, 0.1) is 12.5 Å². The fraction of sp³-hybridized carbons (Fsp3) is 0.667. The molecule has 3 saturated heterocycles. The second-order valence-electron chi connectivity index (χ2n) is 10.0. The van der Waals surface area contributed by atoms with Gasteiger partial charge in [-0.05, 0) is 50.8 Å². The molecule has 3 heterocycles. The molecule has 0 bridgehead atoms. The summed E-state index contributed by atoms with van der Waals surface area (Å²) in [4.78, 5) is 45.0. The van der Waals surface area contributed by atoms with E-state index in [2.05, 4.69) is 10.2 Å². The maximum absolute atomic E-state index is 13.5. The zero-order valence-corrected chi connectivity index (χ0v) is 21.0. The molecule has 3 aliphatic rings. The van der Waals surface area contributed by atoms with Crippen molar-refractivity contribution in [1.29, 1.82) is 0 Å². The van der Waals surface area contributed by atoms with Crippen LogP contribution in [0.1, 0.15) is 57.1 Å². The molecule has 1 unspecified atom stereocenters. The van der Waals surface area contributed by atoms with E-state index in [9.17, 15) is 14.4 Å². The first kappa shape index (κ1) is 25.6. The quantitative estimate of drug-likeness (QED) is 0.711. The maximum Gasteiger partial charge on any atom is 0.225 e. The lowest BCUT2D eigenvalue weighted by Crippen LogP contribution is -2.48. The molecule has 0 radical (unpaired) electrons. The Labute approximate surface area is 209 Å². The molecule has 3 amide bonds. The zero-order chi connectivity index (χ0) is 24.6. The smallest absolute Gasteiger partial charge is 0.225 e. The number of hydrogen-bond donors (Lipinski definition) is 1. The van der Waals surface area contributed by atoms with Crippen molar-refractivity contribution in [3.05, 3.63) is 35.9 Å². The van der Waals surface area contributed by atoms with Crippen LogP contribution in [-0.4, -0.2) is 90.9 Å². The van der Waals surface area contributed by atoms with Crippen LogP contribution in [0.2, 0.25) is 0 Å². The van der Waals surface area contributed by atoms with Crippen LogP contribution >= 0.6 is 0 Å². The molecule has 1 aromatic rings. The normalized spacial score (nSPS) is 24.5. The summed E-state index contributed by atoms with van der Waals surface area (Å²) >= 11 is 0. The Balaban J connectivity index is 1.38. The van der Waals surface area contributed by atoms with Gasteiger partial charge >= 0.3 is 0 Å². The van der Waals surface area contributed by atoms with Gasteiger partial charge in [0.1, 0.15) is 0 Å². The highest BCUT2D eigenvalue weighted by Gasteiger charge is 2.32. The molecule has 1 N–H and O–H groups in total. The van der Waals surface area contributed by atoms with Gasteiger partial charge in [0, 0.05) is 58.3 Å². The van der Waals surface area contributed by atoms with Crippen molar-refractivity contribution in [3.63, 3.8) is 0 Å².